The van der Waals surface area contributed by atoms with Gasteiger partial charge in [0.15, 0.2) is 5.60 Å². The molecular formula is C12H12CaMgO14. The predicted molar refractivity (Wildman–Crippen MR) is 75.2 cm³/mol. The summed E-state index contributed by atoms with van der Waals surface area (Å²) in [6.07, 6.45) is -5.16. The van der Waals surface area contributed by atoms with Gasteiger partial charge in [0.2, 0.25) is 0 Å². The Bertz CT molecular complexity index is 519. The zero-order valence-electron chi connectivity index (χ0n) is 14.1. The second-order valence-corrected chi connectivity index (χ2v) is 4.87. The van der Waals surface area contributed by atoms with Crippen LogP contribution in [0.4, 0.5) is 0 Å². The van der Waals surface area contributed by atoms with Gasteiger partial charge in [0.1, 0.15) is 5.60 Å². The van der Waals surface area contributed by atoms with E-state index >= 15 is 0 Å². The molecule has 0 aromatic rings. The van der Waals surface area contributed by atoms with Gasteiger partial charge in [-0.1, -0.05) is 0 Å². The molecule has 4 N–H and O–H groups in total. The Morgan fingerprint density at radius 2 is 0.929 bits per heavy atom. The Morgan fingerprint density at radius 1 is 0.643 bits per heavy atom. The van der Waals surface area contributed by atoms with Crippen LogP contribution >= 0.6 is 0 Å². The van der Waals surface area contributed by atoms with Gasteiger partial charge in [-0.25, -0.2) is 4.79 Å². The third-order valence-corrected chi connectivity index (χ3v) is 2.53. The van der Waals surface area contributed by atoms with Crippen molar-refractivity contribution in [1.82, 2.24) is 0 Å². The molecule has 16 heteroatoms. The number of hydrogen-bond acceptors (Lipinski definition) is 12. The molecule has 0 aliphatic heterocycles. The van der Waals surface area contributed by atoms with Crippen LogP contribution in [0, 0.1) is 0 Å². The summed E-state index contributed by atoms with van der Waals surface area (Å²) in [4.78, 5) is 60.3. The summed E-state index contributed by atoms with van der Waals surface area (Å²) in [5.41, 5.74) is -5.78. The van der Waals surface area contributed by atoms with Gasteiger partial charge in [0, 0.05) is 37.2 Å². The first-order valence-electron chi connectivity index (χ1n) is 6.26. The van der Waals surface area contributed by atoms with E-state index < -0.39 is 72.7 Å². The van der Waals surface area contributed by atoms with Crippen molar-refractivity contribution >= 4 is 96.6 Å². The van der Waals surface area contributed by atoms with Gasteiger partial charge >= 0.3 is 72.7 Å². The third-order valence-electron chi connectivity index (χ3n) is 2.53. The Balaban J connectivity index is -0.000000192. The molecular weight excluding hydrogens is 433 g/mol. The average Bonchev–Trinajstić information content (AvgIpc) is 2.34. The van der Waals surface area contributed by atoms with Crippen molar-refractivity contribution in [2.24, 2.45) is 0 Å². The molecule has 0 heterocycles. The molecule has 148 valence electrons. The Kier molecular flexibility index (Phi) is 18.0. The van der Waals surface area contributed by atoms with Crippen LogP contribution in [0.25, 0.3) is 0 Å². The maximum atomic E-state index is 10.3. The fourth-order valence-electron chi connectivity index (χ4n) is 1.39. The van der Waals surface area contributed by atoms with Crippen molar-refractivity contribution in [1.29, 1.82) is 0 Å². The fraction of sp³-hybridized carbons (Fsp3) is 0.500. The van der Waals surface area contributed by atoms with E-state index in [1.165, 1.54) is 0 Å². The molecule has 0 saturated carbocycles. The maximum absolute atomic E-state index is 10.3. The molecule has 0 amide bonds. The molecule has 0 spiro atoms. The summed E-state index contributed by atoms with van der Waals surface area (Å²) in [6.45, 7) is 0. The van der Waals surface area contributed by atoms with Crippen LogP contribution in [-0.4, -0.2) is 128 Å². The summed E-state index contributed by atoms with van der Waals surface area (Å²) in [5.74, 6) is -11.3. The predicted octanol–water partition coefficient (Wildman–Crippen LogP) is -8.60. The van der Waals surface area contributed by atoms with E-state index in [-0.39, 0.29) is 60.8 Å². The van der Waals surface area contributed by atoms with Gasteiger partial charge in [0.25, 0.3) is 0 Å². The summed E-state index contributed by atoms with van der Waals surface area (Å²) >= 11 is 0. The van der Waals surface area contributed by atoms with E-state index in [4.69, 9.17) is 20.4 Å². The van der Waals surface area contributed by atoms with Gasteiger partial charge in [-0.05, 0) is 0 Å². The van der Waals surface area contributed by atoms with Crippen molar-refractivity contribution in [2.75, 3.05) is 0 Å². The van der Waals surface area contributed by atoms with E-state index in [1.807, 2.05) is 0 Å². The first-order valence-corrected chi connectivity index (χ1v) is 6.26. The number of carbonyl (C=O) groups excluding carboxylic acids is 4. The fourth-order valence-corrected chi connectivity index (χ4v) is 1.39. The normalized spacial score (nSPS) is 11.8. The van der Waals surface area contributed by atoms with Crippen LogP contribution in [0.5, 0.6) is 0 Å². The minimum Gasteiger partial charge on any atom is -0.550 e. The molecule has 0 rings (SSSR count). The second kappa shape index (κ2) is 14.7. The monoisotopic (exact) mass is 444 g/mol. The zero-order valence-corrected chi connectivity index (χ0v) is 17.7. The number of carboxylic acids is 6. The molecule has 0 fully saturated rings. The largest absolute Gasteiger partial charge is 2.00 e. The van der Waals surface area contributed by atoms with E-state index in [0.29, 0.717) is 0 Å². The summed E-state index contributed by atoms with van der Waals surface area (Å²) in [7, 11) is 0. The molecule has 0 radical (unpaired) electrons. The summed E-state index contributed by atoms with van der Waals surface area (Å²) in [5, 5.41) is 74.4. The van der Waals surface area contributed by atoms with Gasteiger partial charge in [0.05, 0.1) is 12.4 Å². The van der Waals surface area contributed by atoms with Crippen LogP contribution < -0.4 is 20.4 Å². The van der Waals surface area contributed by atoms with Crippen molar-refractivity contribution in [3.05, 3.63) is 0 Å². The minimum absolute atomic E-state index is 0. The number of aliphatic carboxylic acids is 6. The minimum atomic E-state index is -2.97. The van der Waals surface area contributed by atoms with Gasteiger partial charge < -0.3 is 60.0 Å². The second-order valence-electron chi connectivity index (χ2n) is 4.87. The maximum Gasteiger partial charge on any atom is 2.00 e. The molecule has 0 saturated heterocycles. The van der Waals surface area contributed by atoms with E-state index in [9.17, 15) is 49.2 Å². The number of rotatable bonds is 10. The Hall–Kier alpha value is -1.23. The molecule has 1 atom stereocenters. The molecule has 1 unspecified atom stereocenters. The Labute approximate surface area is 201 Å². The molecule has 0 aliphatic carbocycles. The van der Waals surface area contributed by atoms with E-state index in [1.54, 1.807) is 0 Å². The summed E-state index contributed by atoms with van der Waals surface area (Å²) in [6, 6.07) is 0. The van der Waals surface area contributed by atoms with E-state index in [2.05, 4.69) is 0 Å². The van der Waals surface area contributed by atoms with Gasteiger partial charge in [-0.2, -0.15) is 0 Å². The van der Waals surface area contributed by atoms with Gasteiger partial charge in [-0.3, -0.25) is 4.79 Å². The van der Waals surface area contributed by atoms with Crippen LogP contribution in [0.15, 0.2) is 0 Å². The molecule has 14 nitrogen and oxygen atoms in total. The molecule has 0 aromatic carbocycles. The van der Waals surface area contributed by atoms with Crippen molar-refractivity contribution in [2.45, 2.75) is 36.9 Å². The Morgan fingerprint density at radius 3 is 1.11 bits per heavy atom. The average molecular weight is 445 g/mol. The van der Waals surface area contributed by atoms with Crippen LogP contribution in [0.3, 0.4) is 0 Å². The van der Waals surface area contributed by atoms with E-state index in [0.717, 1.165) is 0 Å². The molecule has 0 aliphatic rings. The zero-order chi connectivity index (χ0) is 21.3. The first kappa shape index (κ1) is 34.3. The van der Waals surface area contributed by atoms with Crippen molar-refractivity contribution in [3.8, 4) is 0 Å². The number of aliphatic hydroxyl groups is 2. The molecule has 0 bridgehead atoms. The number of hydrogen-bond donors (Lipinski definition) is 4. The first-order chi connectivity index (χ1) is 11.6. The van der Waals surface area contributed by atoms with Crippen LogP contribution in [0.2, 0.25) is 0 Å². The van der Waals surface area contributed by atoms with Crippen molar-refractivity contribution in [3.63, 3.8) is 0 Å². The smallest absolute Gasteiger partial charge is 0.550 e. The number of carboxylic acid groups (broad SMARTS) is 6. The van der Waals surface area contributed by atoms with Crippen molar-refractivity contribution < 1.29 is 69.6 Å². The van der Waals surface area contributed by atoms with Gasteiger partial charge in [-0.15, -0.1) is 0 Å². The standard InChI is InChI=1S/2C6H8O7.Ca.Mg/c2*7-3(8)1-6(13,5(11)12)2-4(9)10;;/h2*13H,1-2H2,(H,7,8)(H,9,10)(H,11,12);;/q;;2*+2/p-4. The van der Waals surface area contributed by atoms with Crippen LogP contribution in [-0.2, 0) is 28.8 Å². The topological polar surface area (TPSA) is 276 Å². The summed E-state index contributed by atoms with van der Waals surface area (Å²) < 4.78 is 0. The quantitative estimate of drug-likeness (QED) is 0.228. The van der Waals surface area contributed by atoms with Crippen LogP contribution in [0.1, 0.15) is 25.7 Å². The number of carbonyl (C=O) groups is 6. The molecule has 28 heavy (non-hydrogen) atoms. The third kappa shape index (κ3) is 14.8. The molecule has 0 aromatic heterocycles. The SMILES string of the molecule is O=C([O-])CC(O)(CC(=O)O)C(=O)O.O=C([O-])CC(O)(CC(=O)[O-])C(=O)[O-].[Ca+2].[Mg+2].